The standard InChI is InChI=1S/C12H16BrN3O2S/c1-14-12-11(5-9(13)6-15-12)19(17,18)16-7-8-2-3-10(16)4-8/h5-6,8,10H,2-4,7H2,1H3,(H,14,15). The average molecular weight is 346 g/mol. The van der Waals surface area contributed by atoms with Crippen LogP contribution in [0.2, 0.25) is 0 Å². The molecule has 0 spiro atoms. The van der Waals surface area contributed by atoms with Crippen LogP contribution in [0.5, 0.6) is 0 Å². The van der Waals surface area contributed by atoms with Gasteiger partial charge in [0.05, 0.1) is 0 Å². The quantitative estimate of drug-likeness (QED) is 0.910. The number of aromatic nitrogens is 1. The Kier molecular flexibility index (Phi) is 3.31. The van der Waals surface area contributed by atoms with Gasteiger partial charge < -0.3 is 5.32 Å². The molecule has 0 radical (unpaired) electrons. The third-order valence-electron chi connectivity index (χ3n) is 4.00. The number of sulfonamides is 1. The molecular weight excluding hydrogens is 330 g/mol. The highest BCUT2D eigenvalue weighted by atomic mass is 79.9. The van der Waals surface area contributed by atoms with Gasteiger partial charge in [-0.15, -0.1) is 0 Å². The van der Waals surface area contributed by atoms with Crippen LogP contribution in [-0.4, -0.2) is 37.3 Å². The number of halogens is 1. The number of anilines is 1. The molecule has 1 saturated carbocycles. The number of pyridine rings is 1. The van der Waals surface area contributed by atoms with Crippen LogP contribution in [0, 0.1) is 5.92 Å². The van der Waals surface area contributed by atoms with Gasteiger partial charge in [-0.25, -0.2) is 13.4 Å². The van der Waals surface area contributed by atoms with Crippen LogP contribution in [0.15, 0.2) is 21.6 Å². The largest absolute Gasteiger partial charge is 0.372 e. The van der Waals surface area contributed by atoms with Crippen molar-refractivity contribution in [3.63, 3.8) is 0 Å². The Hall–Kier alpha value is -0.660. The fourth-order valence-corrected chi connectivity index (χ4v) is 5.51. The molecule has 2 unspecified atom stereocenters. The first-order valence-electron chi connectivity index (χ1n) is 6.37. The summed E-state index contributed by atoms with van der Waals surface area (Å²) in [7, 11) is -1.77. The van der Waals surface area contributed by atoms with Crippen LogP contribution in [0.25, 0.3) is 0 Å². The first-order valence-corrected chi connectivity index (χ1v) is 8.61. The van der Waals surface area contributed by atoms with Crippen LogP contribution < -0.4 is 5.32 Å². The van der Waals surface area contributed by atoms with E-state index in [4.69, 9.17) is 0 Å². The zero-order valence-corrected chi connectivity index (χ0v) is 13.0. The molecule has 1 aliphatic heterocycles. The van der Waals surface area contributed by atoms with Gasteiger partial charge in [-0.05, 0) is 47.2 Å². The molecule has 0 amide bonds. The maximum atomic E-state index is 12.8. The maximum absolute atomic E-state index is 12.8. The van der Waals surface area contributed by atoms with Crippen LogP contribution in [0.4, 0.5) is 5.82 Å². The van der Waals surface area contributed by atoms with Gasteiger partial charge in [0.2, 0.25) is 10.0 Å². The number of rotatable bonds is 3. The van der Waals surface area contributed by atoms with Gasteiger partial charge in [-0.3, -0.25) is 0 Å². The molecule has 1 aromatic rings. The zero-order valence-electron chi connectivity index (χ0n) is 10.6. The highest BCUT2D eigenvalue weighted by Crippen LogP contribution is 2.41. The number of nitrogens with zero attached hydrogens (tertiary/aromatic N) is 2. The van der Waals surface area contributed by atoms with E-state index in [0.29, 0.717) is 22.8 Å². The molecule has 1 N–H and O–H groups in total. The molecule has 19 heavy (non-hydrogen) atoms. The molecule has 1 saturated heterocycles. The number of nitrogens with one attached hydrogen (secondary N) is 1. The summed E-state index contributed by atoms with van der Waals surface area (Å²) in [5, 5.41) is 2.86. The number of hydrogen-bond acceptors (Lipinski definition) is 4. The van der Waals surface area contributed by atoms with Crippen molar-refractivity contribution >= 4 is 31.8 Å². The molecule has 2 bridgehead atoms. The molecular formula is C12H16BrN3O2S. The predicted molar refractivity (Wildman–Crippen MR) is 76.5 cm³/mol. The third-order valence-corrected chi connectivity index (χ3v) is 6.37. The monoisotopic (exact) mass is 345 g/mol. The van der Waals surface area contributed by atoms with Crippen molar-refractivity contribution < 1.29 is 8.42 Å². The highest BCUT2D eigenvalue weighted by Gasteiger charge is 2.45. The zero-order chi connectivity index (χ0) is 13.6. The molecule has 1 aromatic heterocycles. The van der Waals surface area contributed by atoms with Crippen molar-refractivity contribution in [1.29, 1.82) is 0 Å². The summed E-state index contributed by atoms with van der Waals surface area (Å²) < 4.78 is 27.9. The second kappa shape index (κ2) is 4.71. The minimum atomic E-state index is -3.46. The maximum Gasteiger partial charge on any atom is 0.247 e. The topological polar surface area (TPSA) is 62.3 Å². The average Bonchev–Trinajstić information content (AvgIpc) is 3.01. The van der Waals surface area contributed by atoms with Gasteiger partial charge >= 0.3 is 0 Å². The van der Waals surface area contributed by atoms with Crippen molar-refractivity contribution in [1.82, 2.24) is 9.29 Å². The van der Waals surface area contributed by atoms with Crippen molar-refractivity contribution in [2.45, 2.75) is 30.2 Å². The van der Waals surface area contributed by atoms with Gasteiger partial charge in [-0.1, -0.05) is 0 Å². The minimum Gasteiger partial charge on any atom is -0.372 e. The van der Waals surface area contributed by atoms with E-state index in [1.54, 1.807) is 23.6 Å². The van der Waals surface area contributed by atoms with Crippen LogP contribution in [0.3, 0.4) is 0 Å². The lowest BCUT2D eigenvalue weighted by atomic mass is 10.1. The Morgan fingerprint density at radius 3 is 2.84 bits per heavy atom. The molecule has 0 aromatic carbocycles. The SMILES string of the molecule is CNc1ncc(Br)cc1S(=O)(=O)N1CC2CCC1C2. The normalized spacial score (nSPS) is 26.8. The van der Waals surface area contributed by atoms with Gasteiger partial charge in [0.25, 0.3) is 0 Å². The lowest BCUT2D eigenvalue weighted by Crippen LogP contribution is -2.38. The lowest BCUT2D eigenvalue weighted by Gasteiger charge is -2.26. The number of piperidine rings is 1. The molecule has 7 heteroatoms. The fourth-order valence-electron chi connectivity index (χ4n) is 3.11. The molecule has 5 nitrogen and oxygen atoms in total. The van der Waals surface area contributed by atoms with E-state index in [0.717, 1.165) is 19.3 Å². The first kappa shape index (κ1) is 13.3. The molecule has 1 aliphatic carbocycles. The molecule has 2 fully saturated rings. The van der Waals surface area contributed by atoms with Crippen molar-refractivity contribution in [2.75, 3.05) is 18.9 Å². The van der Waals surface area contributed by atoms with E-state index in [9.17, 15) is 8.42 Å². The van der Waals surface area contributed by atoms with E-state index in [1.165, 1.54) is 0 Å². The second-order valence-corrected chi connectivity index (χ2v) is 7.93. The van der Waals surface area contributed by atoms with Crippen molar-refractivity contribution in [2.24, 2.45) is 5.92 Å². The Morgan fingerprint density at radius 1 is 1.47 bits per heavy atom. The molecule has 104 valence electrons. The van der Waals surface area contributed by atoms with Crippen molar-refractivity contribution in [3.05, 3.63) is 16.7 Å². The summed E-state index contributed by atoms with van der Waals surface area (Å²) in [5.74, 6) is 0.948. The van der Waals surface area contributed by atoms with E-state index < -0.39 is 10.0 Å². The van der Waals surface area contributed by atoms with Crippen LogP contribution >= 0.6 is 15.9 Å². The van der Waals surface area contributed by atoms with Crippen LogP contribution in [0.1, 0.15) is 19.3 Å². The predicted octanol–water partition coefficient (Wildman–Crippen LogP) is 2.06. The lowest BCUT2D eigenvalue weighted by molar-refractivity contribution is 0.333. The molecule has 2 aliphatic rings. The Bertz CT molecular complexity index is 605. The van der Waals surface area contributed by atoms with Gasteiger partial charge in [0.15, 0.2) is 0 Å². The minimum absolute atomic E-state index is 0.179. The van der Waals surface area contributed by atoms with E-state index in [-0.39, 0.29) is 10.9 Å². The smallest absolute Gasteiger partial charge is 0.247 e. The summed E-state index contributed by atoms with van der Waals surface area (Å²) >= 11 is 3.29. The summed E-state index contributed by atoms with van der Waals surface area (Å²) in [6.07, 6.45) is 4.75. The van der Waals surface area contributed by atoms with Gasteiger partial charge in [0, 0.05) is 30.3 Å². The Balaban J connectivity index is 2.03. The molecule has 2 heterocycles. The summed E-state index contributed by atoms with van der Waals surface area (Å²) in [6.45, 7) is 0.655. The van der Waals surface area contributed by atoms with E-state index in [2.05, 4.69) is 26.2 Å². The summed E-state index contributed by atoms with van der Waals surface area (Å²) in [4.78, 5) is 4.39. The van der Waals surface area contributed by atoms with E-state index in [1.807, 2.05) is 0 Å². The van der Waals surface area contributed by atoms with Gasteiger partial charge in [-0.2, -0.15) is 4.31 Å². The number of fused-ring (bicyclic) bond motifs is 2. The van der Waals surface area contributed by atoms with Crippen LogP contribution in [-0.2, 0) is 10.0 Å². The second-order valence-electron chi connectivity index (χ2n) is 5.16. The van der Waals surface area contributed by atoms with Gasteiger partial charge in [0.1, 0.15) is 10.7 Å². The third kappa shape index (κ3) is 2.17. The van der Waals surface area contributed by atoms with E-state index >= 15 is 0 Å². The summed E-state index contributed by atoms with van der Waals surface area (Å²) in [6, 6.07) is 1.80. The fraction of sp³-hybridized carbons (Fsp3) is 0.583. The Labute approximate surface area is 121 Å². The Morgan fingerprint density at radius 2 is 2.26 bits per heavy atom. The molecule has 2 atom stereocenters. The number of hydrogen-bond donors (Lipinski definition) is 1. The summed E-state index contributed by atoms with van der Waals surface area (Å²) in [5.41, 5.74) is 0. The van der Waals surface area contributed by atoms with Crippen molar-refractivity contribution in [3.8, 4) is 0 Å². The molecule has 3 rings (SSSR count). The highest BCUT2D eigenvalue weighted by molar-refractivity contribution is 9.10. The first-order chi connectivity index (χ1) is 9.02.